The van der Waals surface area contributed by atoms with Gasteiger partial charge >= 0.3 is 0 Å². The molecule has 0 radical (unpaired) electrons. The molecular formula is C24H24N4O2. The van der Waals surface area contributed by atoms with Crippen molar-refractivity contribution >= 4 is 23.6 Å². The standard InChI is InChI=1S/C24H24N4O2/c1-16-14-17(2)28(26-16)22-11-7-6-10-21(22)25-24(30)15-23-20-9-5-4-8-19(20)12-13-27(23)18(3)29/h4-14,23H,15H2,1-3H3,(H,25,30). The first kappa shape index (κ1) is 19.6. The summed E-state index contributed by atoms with van der Waals surface area (Å²) in [5.41, 5.74) is 5.39. The number of benzene rings is 2. The predicted molar refractivity (Wildman–Crippen MR) is 117 cm³/mol. The quantitative estimate of drug-likeness (QED) is 0.706. The predicted octanol–water partition coefficient (Wildman–Crippen LogP) is 4.39. The zero-order valence-electron chi connectivity index (χ0n) is 17.3. The summed E-state index contributed by atoms with van der Waals surface area (Å²) in [4.78, 5) is 26.8. The third-order valence-corrected chi connectivity index (χ3v) is 5.26. The highest BCUT2D eigenvalue weighted by atomic mass is 16.2. The lowest BCUT2D eigenvalue weighted by Crippen LogP contribution is -2.33. The zero-order valence-corrected chi connectivity index (χ0v) is 17.3. The molecule has 1 N–H and O–H groups in total. The number of aromatic nitrogens is 2. The van der Waals surface area contributed by atoms with Gasteiger partial charge in [0, 0.05) is 18.8 Å². The van der Waals surface area contributed by atoms with Gasteiger partial charge in [-0.2, -0.15) is 5.10 Å². The normalized spacial score (nSPS) is 15.0. The van der Waals surface area contributed by atoms with Crippen molar-refractivity contribution in [3.05, 3.63) is 83.3 Å². The second kappa shape index (κ2) is 7.99. The van der Waals surface area contributed by atoms with E-state index < -0.39 is 0 Å². The third kappa shape index (κ3) is 3.76. The molecule has 1 aliphatic rings. The molecule has 1 atom stereocenters. The molecule has 1 aliphatic heterocycles. The fraction of sp³-hybridized carbons (Fsp3) is 0.208. The maximum absolute atomic E-state index is 13.0. The lowest BCUT2D eigenvalue weighted by atomic mass is 9.93. The van der Waals surface area contributed by atoms with Crippen LogP contribution in [0.3, 0.4) is 0 Å². The van der Waals surface area contributed by atoms with Crippen molar-refractivity contribution in [2.45, 2.75) is 33.2 Å². The number of nitrogens with zero attached hydrogens (tertiary/aromatic N) is 3. The van der Waals surface area contributed by atoms with E-state index in [9.17, 15) is 9.59 Å². The Morgan fingerprint density at radius 3 is 2.53 bits per heavy atom. The smallest absolute Gasteiger partial charge is 0.226 e. The van der Waals surface area contributed by atoms with Crippen LogP contribution in [-0.2, 0) is 9.59 Å². The van der Waals surface area contributed by atoms with Crippen LogP contribution in [0.15, 0.2) is 60.8 Å². The molecule has 2 heterocycles. The van der Waals surface area contributed by atoms with E-state index in [0.29, 0.717) is 5.69 Å². The first-order chi connectivity index (χ1) is 14.4. The van der Waals surface area contributed by atoms with Gasteiger partial charge in [0.1, 0.15) is 0 Å². The van der Waals surface area contributed by atoms with Gasteiger partial charge in [-0.15, -0.1) is 0 Å². The fourth-order valence-electron chi connectivity index (χ4n) is 3.93. The number of nitrogens with one attached hydrogen (secondary N) is 1. The highest BCUT2D eigenvalue weighted by molar-refractivity contribution is 5.94. The van der Waals surface area contributed by atoms with Gasteiger partial charge in [0.25, 0.3) is 0 Å². The number of rotatable bonds is 4. The number of para-hydroxylation sites is 2. The third-order valence-electron chi connectivity index (χ3n) is 5.26. The Labute approximate surface area is 175 Å². The van der Waals surface area contributed by atoms with Crippen molar-refractivity contribution in [3.63, 3.8) is 0 Å². The van der Waals surface area contributed by atoms with E-state index in [2.05, 4.69) is 10.4 Å². The number of carbonyl (C=O) groups is 2. The Kier molecular flexibility index (Phi) is 5.23. The number of amides is 2. The second-order valence-corrected chi connectivity index (χ2v) is 7.50. The Bertz CT molecular complexity index is 1150. The van der Waals surface area contributed by atoms with Crippen LogP contribution in [0.2, 0.25) is 0 Å². The first-order valence-corrected chi connectivity index (χ1v) is 9.92. The second-order valence-electron chi connectivity index (χ2n) is 7.50. The van der Waals surface area contributed by atoms with Crippen LogP contribution >= 0.6 is 0 Å². The maximum Gasteiger partial charge on any atom is 0.226 e. The average Bonchev–Trinajstić information content (AvgIpc) is 3.06. The van der Waals surface area contributed by atoms with Crippen LogP contribution in [0.25, 0.3) is 11.8 Å². The summed E-state index contributed by atoms with van der Waals surface area (Å²) >= 11 is 0. The zero-order chi connectivity index (χ0) is 21.3. The summed E-state index contributed by atoms with van der Waals surface area (Å²) in [6.07, 6.45) is 3.82. The molecular weight excluding hydrogens is 376 g/mol. The summed E-state index contributed by atoms with van der Waals surface area (Å²) in [7, 11) is 0. The molecule has 6 nitrogen and oxygen atoms in total. The molecule has 152 valence electrons. The maximum atomic E-state index is 13.0. The number of carbonyl (C=O) groups excluding carboxylic acids is 2. The van der Waals surface area contributed by atoms with Crippen LogP contribution in [0, 0.1) is 13.8 Å². The molecule has 4 rings (SSSR count). The highest BCUT2D eigenvalue weighted by Gasteiger charge is 2.28. The van der Waals surface area contributed by atoms with Crippen molar-refractivity contribution < 1.29 is 9.59 Å². The average molecular weight is 400 g/mol. The van der Waals surface area contributed by atoms with Gasteiger partial charge < -0.3 is 10.2 Å². The minimum absolute atomic E-state index is 0.0957. The molecule has 0 aliphatic carbocycles. The van der Waals surface area contributed by atoms with E-state index in [0.717, 1.165) is 28.2 Å². The molecule has 6 heteroatoms. The largest absolute Gasteiger partial charge is 0.324 e. The minimum atomic E-state index is -0.343. The van der Waals surface area contributed by atoms with Gasteiger partial charge in [-0.3, -0.25) is 9.59 Å². The molecule has 0 bridgehead atoms. The van der Waals surface area contributed by atoms with Crippen LogP contribution in [0.4, 0.5) is 5.69 Å². The van der Waals surface area contributed by atoms with Gasteiger partial charge in [-0.1, -0.05) is 36.4 Å². The minimum Gasteiger partial charge on any atom is -0.324 e. The summed E-state index contributed by atoms with van der Waals surface area (Å²) in [6.45, 7) is 5.44. The van der Waals surface area contributed by atoms with Crippen molar-refractivity contribution in [1.82, 2.24) is 14.7 Å². The number of anilines is 1. The lowest BCUT2D eigenvalue weighted by molar-refractivity contribution is -0.129. The molecule has 2 aromatic carbocycles. The molecule has 2 amide bonds. The number of aryl methyl sites for hydroxylation is 2. The Balaban J connectivity index is 1.60. The van der Waals surface area contributed by atoms with Crippen molar-refractivity contribution in [1.29, 1.82) is 0 Å². The van der Waals surface area contributed by atoms with Gasteiger partial charge in [0.15, 0.2) is 0 Å². The van der Waals surface area contributed by atoms with Crippen LogP contribution in [-0.4, -0.2) is 26.5 Å². The number of hydrogen-bond donors (Lipinski definition) is 1. The van der Waals surface area contributed by atoms with Gasteiger partial charge in [0.05, 0.1) is 29.5 Å². The van der Waals surface area contributed by atoms with Crippen molar-refractivity contribution in [3.8, 4) is 5.69 Å². The molecule has 0 saturated heterocycles. The van der Waals surface area contributed by atoms with E-state index in [1.807, 2.05) is 79.2 Å². The number of fused-ring (bicyclic) bond motifs is 1. The van der Waals surface area contributed by atoms with Crippen LogP contribution in [0.5, 0.6) is 0 Å². The van der Waals surface area contributed by atoms with Gasteiger partial charge in [0.2, 0.25) is 11.8 Å². The topological polar surface area (TPSA) is 67.2 Å². The van der Waals surface area contributed by atoms with E-state index in [1.54, 1.807) is 11.1 Å². The van der Waals surface area contributed by atoms with E-state index in [1.165, 1.54) is 6.92 Å². The van der Waals surface area contributed by atoms with Crippen molar-refractivity contribution in [2.75, 3.05) is 5.32 Å². The summed E-state index contributed by atoms with van der Waals surface area (Å²) in [5, 5.41) is 7.55. The molecule has 3 aromatic rings. The Hall–Kier alpha value is -3.67. The van der Waals surface area contributed by atoms with Gasteiger partial charge in [-0.25, -0.2) is 4.68 Å². The molecule has 0 fully saturated rings. The molecule has 30 heavy (non-hydrogen) atoms. The lowest BCUT2D eigenvalue weighted by Gasteiger charge is -2.32. The Morgan fingerprint density at radius 2 is 1.80 bits per heavy atom. The first-order valence-electron chi connectivity index (χ1n) is 9.92. The molecule has 0 saturated carbocycles. The summed E-state index contributed by atoms with van der Waals surface area (Å²) in [5.74, 6) is -0.257. The van der Waals surface area contributed by atoms with E-state index in [4.69, 9.17) is 0 Å². The fourth-order valence-corrected chi connectivity index (χ4v) is 3.93. The highest BCUT2D eigenvalue weighted by Crippen LogP contribution is 2.33. The van der Waals surface area contributed by atoms with Crippen molar-refractivity contribution in [2.24, 2.45) is 0 Å². The van der Waals surface area contributed by atoms with Crippen LogP contribution in [0.1, 0.15) is 41.9 Å². The number of hydrogen-bond acceptors (Lipinski definition) is 3. The van der Waals surface area contributed by atoms with Gasteiger partial charge in [-0.05, 0) is 49.2 Å². The SMILES string of the molecule is CC(=O)N1C=Cc2ccccc2C1CC(=O)Nc1ccccc1-n1nc(C)cc1C. The monoisotopic (exact) mass is 400 g/mol. The summed E-state index contributed by atoms with van der Waals surface area (Å²) < 4.78 is 1.82. The Morgan fingerprint density at radius 1 is 1.07 bits per heavy atom. The molecule has 0 spiro atoms. The van der Waals surface area contributed by atoms with Crippen LogP contribution < -0.4 is 5.32 Å². The molecule has 1 unspecified atom stereocenters. The molecule has 1 aromatic heterocycles. The summed E-state index contributed by atoms with van der Waals surface area (Å²) in [6, 6.07) is 17.1. The van der Waals surface area contributed by atoms with E-state index in [-0.39, 0.29) is 24.3 Å². The van der Waals surface area contributed by atoms with E-state index >= 15 is 0 Å².